The number of H-pyrrole nitrogens is 1. The van der Waals surface area contributed by atoms with E-state index in [9.17, 15) is 4.79 Å². The Morgan fingerprint density at radius 3 is 2.68 bits per heavy atom. The molecule has 0 unspecified atom stereocenters. The van der Waals surface area contributed by atoms with E-state index in [1.165, 1.54) is 5.56 Å². The molecule has 2 aromatic heterocycles. The van der Waals surface area contributed by atoms with Crippen LogP contribution in [0.3, 0.4) is 0 Å². The van der Waals surface area contributed by atoms with E-state index in [1.807, 2.05) is 18.2 Å². The Balaban J connectivity index is 1.67. The molecule has 25 heavy (non-hydrogen) atoms. The fourth-order valence-electron chi connectivity index (χ4n) is 2.78. The quantitative estimate of drug-likeness (QED) is 0.751. The van der Waals surface area contributed by atoms with Crippen molar-refractivity contribution in [2.24, 2.45) is 5.92 Å². The van der Waals surface area contributed by atoms with Crippen LogP contribution in [0.5, 0.6) is 0 Å². The lowest BCUT2D eigenvalue weighted by atomic mass is 10.1. The molecule has 4 rings (SSSR count). The first-order valence-electron chi connectivity index (χ1n) is 8.56. The van der Waals surface area contributed by atoms with E-state index in [-0.39, 0.29) is 11.8 Å². The van der Waals surface area contributed by atoms with Crippen molar-refractivity contribution in [3.05, 3.63) is 60.0 Å². The number of aromatic amines is 1. The van der Waals surface area contributed by atoms with Crippen molar-refractivity contribution < 1.29 is 4.79 Å². The Morgan fingerprint density at radius 1 is 1.20 bits per heavy atom. The van der Waals surface area contributed by atoms with Gasteiger partial charge in [0.1, 0.15) is 5.82 Å². The molecular weight excluding hydrogens is 312 g/mol. The first kappa shape index (κ1) is 15.6. The van der Waals surface area contributed by atoms with Gasteiger partial charge in [-0.25, -0.2) is 4.98 Å². The van der Waals surface area contributed by atoms with Gasteiger partial charge in [0.15, 0.2) is 0 Å². The zero-order valence-corrected chi connectivity index (χ0v) is 14.1. The van der Waals surface area contributed by atoms with Gasteiger partial charge in [-0.15, -0.1) is 0 Å². The van der Waals surface area contributed by atoms with Crippen molar-refractivity contribution in [3.63, 3.8) is 0 Å². The van der Waals surface area contributed by atoms with E-state index in [0.717, 1.165) is 41.3 Å². The summed E-state index contributed by atoms with van der Waals surface area (Å²) in [6.07, 6.45) is 3.76. The number of benzene rings is 1. The number of rotatable bonds is 5. The zero-order valence-electron chi connectivity index (χ0n) is 14.1. The fourth-order valence-corrected chi connectivity index (χ4v) is 2.78. The van der Waals surface area contributed by atoms with E-state index >= 15 is 0 Å². The normalized spacial score (nSPS) is 13.6. The van der Waals surface area contributed by atoms with Gasteiger partial charge in [0.2, 0.25) is 5.91 Å². The number of amides is 1. The number of carbonyl (C=O) groups is 1. The van der Waals surface area contributed by atoms with Crippen LogP contribution in [0.1, 0.15) is 24.2 Å². The number of carbonyl (C=O) groups excluding carboxylic acids is 1. The van der Waals surface area contributed by atoms with Crippen molar-refractivity contribution in [2.45, 2.75) is 26.3 Å². The van der Waals surface area contributed by atoms with E-state index < -0.39 is 0 Å². The van der Waals surface area contributed by atoms with Crippen LogP contribution in [0.4, 0.5) is 0 Å². The molecule has 5 nitrogen and oxygen atoms in total. The second kappa shape index (κ2) is 6.51. The van der Waals surface area contributed by atoms with Crippen LogP contribution in [-0.2, 0) is 11.3 Å². The highest BCUT2D eigenvalue weighted by Crippen LogP contribution is 2.30. The molecule has 1 fully saturated rings. The Kier molecular flexibility index (Phi) is 4.06. The maximum atomic E-state index is 11.9. The largest absolute Gasteiger partial charge is 0.349 e. The molecule has 0 saturated heterocycles. The summed E-state index contributed by atoms with van der Waals surface area (Å²) in [6.45, 7) is 2.47. The average Bonchev–Trinajstić information content (AvgIpc) is 3.41. The molecule has 126 valence electrons. The van der Waals surface area contributed by atoms with Crippen molar-refractivity contribution in [1.82, 2.24) is 20.3 Å². The molecule has 1 aliphatic carbocycles. The van der Waals surface area contributed by atoms with E-state index in [4.69, 9.17) is 4.98 Å². The highest BCUT2D eigenvalue weighted by molar-refractivity contribution is 5.81. The number of pyridine rings is 1. The van der Waals surface area contributed by atoms with Crippen LogP contribution in [0.2, 0.25) is 0 Å². The molecule has 1 amide bonds. The molecule has 5 heteroatoms. The molecule has 3 aromatic rings. The van der Waals surface area contributed by atoms with Gasteiger partial charge in [-0.1, -0.05) is 35.9 Å². The van der Waals surface area contributed by atoms with E-state index in [0.29, 0.717) is 6.54 Å². The first-order chi connectivity index (χ1) is 12.2. The number of aryl methyl sites for hydroxylation is 1. The smallest absolute Gasteiger partial charge is 0.223 e. The number of hydrogen-bond acceptors (Lipinski definition) is 3. The van der Waals surface area contributed by atoms with E-state index in [1.54, 1.807) is 6.20 Å². The topological polar surface area (TPSA) is 70.7 Å². The molecular formula is C20H20N4O. The van der Waals surface area contributed by atoms with Crippen LogP contribution in [0.25, 0.3) is 22.6 Å². The number of nitrogens with one attached hydrogen (secondary N) is 2. The molecule has 2 N–H and O–H groups in total. The molecule has 1 aromatic carbocycles. The summed E-state index contributed by atoms with van der Waals surface area (Å²) >= 11 is 0. The maximum Gasteiger partial charge on any atom is 0.223 e. The van der Waals surface area contributed by atoms with Gasteiger partial charge in [-0.2, -0.15) is 0 Å². The Morgan fingerprint density at radius 2 is 2.00 bits per heavy atom. The summed E-state index contributed by atoms with van der Waals surface area (Å²) in [5.41, 5.74) is 4.80. The lowest BCUT2D eigenvalue weighted by Crippen LogP contribution is -2.24. The fraction of sp³-hybridized carbons (Fsp3) is 0.250. The minimum atomic E-state index is 0.118. The van der Waals surface area contributed by atoms with Crippen molar-refractivity contribution in [3.8, 4) is 22.6 Å². The van der Waals surface area contributed by atoms with Gasteiger partial charge in [0, 0.05) is 17.7 Å². The van der Waals surface area contributed by atoms with Crippen LogP contribution in [0.15, 0.2) is 48.7 Å². The summed E-state index contributed by atoms with van der Waals surface area (Å²) in [5.74, 6) is 1.06. The standard InChI is InChI=1S/C20H20N4O/c1-13-5-7-14(8-6-13)18-19(16-4-2-3-11-21-16)24-17(23-18)12-22-20(25)15-9-10-15/h2-8,11,15H,9-10,12H2,1H3,(H,22,25)(H,23,24). The van der Waals surface area contributed by atoms with Crippen molar-refractivity contribution >= 4 is 5.91 Å². The summed E-state index contributed by atoms with van der Waals surface area (Å²) in [4.78, 5) is 24.4. The van der Waals surface area contributed by atoms with Crippen LogP contribution < -0.4 is 5.32 Å². The van der Waals surface area contributed by atoms with Crippen LogP contribution >= 0.6 is 0 Å². The minimum absolute atomic E-state index is 0.118. The lowest BCUT2D eigenvalue weighted by molar-refractivity contribution is -0.122. The van der Waals surface area contributed by atoms with Gasteiger partial charge < -0.3 is 10.3 Å². The molecule has 1 saturated carbocycles. The SMILES string of the molecule is Cc1ccc(-c2nc(CNC(=O)C3CC3)[nH]c2-c2ccccn2)cc1. The van der Waals surface area contributed by atoms with Crippen molar-refractivity contribution in [2.75, 3.05) is 0 Å². The molecule has 0 radical (unpaired) electrons. The van der Waals surface area contributed by atoms with Gasteiger partial charge >= 0.3 is 0 Å². The lowest BCUT2D eigenvalue weighted by Gasteiger charge is -2.02. The Hall–Kier alpha value is -2.95. The second-order valence-electron chi connectivity index (χ2n) is 6.48. The average molecular weight is 332 g/mol. The highest BCUT2D eigenvalue weighted by Gasteiger charge is 2.29. The summed E-state index contributed by atoms with van der Waals surface area (Å²) in [5, 5.41) is 2.96. The van der Waals surface area contributed by atoms with E-state index in [2.05, 4.69) is 46.5 Å². The third kappa shape index (κ3) is 3.45. The van der Waals surface area contributed by atoms with Crippen LogP contribution in [0, 0.1) is 12.8 Å². The second-order valence-corrected chi connectivity index (χ2v) is 6.48. The maximum absolute atomic E-state index is 11.9. The Labute approximate surface area is 146 Å². The highest BCUT2D eigenvalue weighted by atomic mass is 16.2. The summed E-state index contributed by atoms with van der Waals surface area (Å²) in [6, 6.07) is 14.1. The number of nitrogens with zero attached hydrogens (tertiary/aromatic N) is 2. The van der Waals surface area contributed by atoms with Crippen molar-refractivity contribution in [1.29, 1.82) is 0 Å². The van der Waals surface area contributed by atoms with Gasteiger partial charge in [0.05, 0.1) is 23.6 Å². The first-order valence-corrected chi connectivity index (χ1v) is 8.56. The predicted molar refractivity (Wildman–Crippen MR) is 96.6 cm³/mol. The molecule has 0 spiro atoms. The predicted octanol–water partition coefficient (Wildman–Crippen LogP) is 3.47. The van der Waals surface area contributed by atoms with Crippen LogP contribution in [-0.4, -0.2) is 20.9 Å². The number of aromatic nitrogens is 3. The molecule has 2 heterocycles. The third-order valence-corrected chi connectivity index (χ3v) is 4.38. The van der Waals surface area contributed by atoms with Gasteiger partial charge in [0.25, 0.3) is 0 Å². The molecule has 0 atom stereocenters. The Bertz CT molecular complexity index is 880. The molecule has 1 aliphatic rings. The van der Waals surface area contributed by atoms with Gasteiger partial charge in [-0.05, 0) is 31.9 Å². The summed E-state index contributed by atoms with van der Waals surface area (Å²) in [7, 11) is 0. The van der Waals surface area contributed by atoms with Gasteiger partial charge in [-0.3, -0.25) is 9.78 Å². The minimum Gasteiger partial charge on any atom is -0.349 e. The number of imidazole rings is 1. The monoisotopic (exact) mass is 332 g/mol. The molecule has 0 aliphatic heterocycles. The summed E-state index contributed by atoms with van der Waals surface area (Å²) < 4.78 is 0. The third-order valence-electron chi connectivity index (χ3n) is 4.38. The molecule has 0 bridgehead atoms. The number of hydrogen-bond donors (Lipinski definition) is 2. The zero-order chi connectivity index (χ0) is 17.2.